The summed E-state index contributed by atoms with van der Waals surface area (Å²) in [4.78, 5) is 12.9. The maximum Gasteiger partial charge on any atom is 0.264 e. The topological polar surface area (TPSA) is 29.5 Å². The van der Waals surface area contributed by atoms with Gasteiger partial charge < -0.3 is 9.64 Å². The van der Waals surface area contributed by atoms with Crippen molar-refractivity contribution in [3.8, 4) is 5.75 Å². The average Bonchev–Trinajstić information content (AvgIpc) is 2.23. The molecule has 0 unspecified atom stereocenters. The van der Waals surface area contributed by atoms with Crippen molar-refractivity contribution in [2.75, 3.05) is 18.6 Å². The molecule has 0 saturated heterocycles. The lowest BCUT2D eigenvalue weighted by Gasteiger charge is -2.26. The fourth-order valence-corrected chi connectivity index (χ4v) is 1.57. The van der Waals surface area contributed by atoms with E-state index in [2.05, 4.69) is 0 Å². The molecule has 0 saturated carbocycles. The fraction of sp³-hybridized carbons (Fsp3) is 0.300. The predicted octanol–water partition coefficient (Wildman–Crippen LogP) is 1.78. The Bertz CT molecular complexity index is 378. The van der Waals surface area contributed by atoms with Gasteiger partial charge in [0.15, 0.2) is 6.61 Å². The predicted molar refractivity (Wildman–Crippen MR) is 54.9 cm³/mol. The van der Waals surface area contributed by atoms with Crippen LogP contribution in [-0.2, 0) is 10.7 Å². The Balaban J connectivity index is 2.43. The highest BCUT2D eigenvalue weighted by Gasteiger charge is 2.21. The summed E-state index contributed by atoms with van der Waals surface area (Å²) in [7, 11) is 1.74. The number of ether oxygens (including phenoxy) is 1. The largest absolute Gasteiger partial charge is 0.482 e. The number of likely N-dealkylation sites (N-methyl/N-ethyl adjacent to an activating group) is 1. The molecule has 3 nitrogen and oxygen atoms in total. The first-order valence-electron chi connectivity index (χ1n) is 4.30. The van der Waals surface area contributed by atoms with Gasteiger partial charge in [-0.05, 0) is 17.7 Å². The van der Waals surface area contributed by atoms with Crippen molar-refractivity contribution in [1.82, 2.24) is 0 Å². The van der Waals surface area contributed by atoms with Crippen molar-refractivity contribution < 1.29 is 9.53 Å². The van der Waals surface area contributed by atoms with E-state index >= 15 is 0 Å². The number of carbonyl (C=O) groups excluding carboxylic acids is 1. The van der Waals surface area contributed by atoms with Crippen LogP contribution in [0.4, 0.5) is 5.69 Å². The number of fused-ring (bicyclic) bond motifs is 1. The minimum Gasteiger partial charge on any atom is -0.482 e. The van der Waals surface area contributed by atoms with Crippen LogP contribution in [-0.4, -0.2) is 19.6 Å². The molecule has 0 N–H and O–H groups in total. The van der Waals surface area contributed by atoms with Crippen LogP contribution in [0.3, 0.4) is 0 Å². The summed E-state index contributed by atoms with van der Waals surface area (Å²) >= 11 is 5.70. The number of amides is 1. The molecule has 0 aromatic heterocycles. The van der Waals surface area contributed by atoms with Crippen molar-refractivity contribution >= 4 is 23.2 Å². The molecule has 0 spiro atoms. The van der Waals surface area contributed by atoms with Gasteiger partial charge in [-0.3, -0.25) is 4.79 Å². The minimum absolute atomic E-state index is 0.0314. The molecule has 74 valence electrons. The van der Waals surface area contributed by atoms with Crippen LogP contribution in [0.5, 0.6) is 5.75 Å². The molecule has 0 radical (unpaired) electrons. The quantitative estimate of drug-likeness (QED) is 0.663. The molecule has 1 heterocycles. The summed E-state index contributed by atoms with van der Waals surface area (Å²) in [6.45, 7) is 0.106. The van der Waals surface area contributed by atoms with Crippen LogP contribution in [0, 0.1) is 0 Å². The number of anilines is 1. The van der Waals surface area contributed by atoms with Crippen LogP contribution < -0.4 is 9.64 Å². The van der Waals surface area contributed by atoms with Gasteiger partial charge in [0.05, 0.1) is 5.69 Å². The van der Waals surface area contributed by atoms with E-state index in [0.29, 0.717) is 5.88 Å². The maximum absolute atomic E-state index is 11.3. The van der Waals surface area contributed by atoms with Gasteiger partial charge in [0.2, 0.25) is 0 Å². The van der Waals surface area contributed by atoms with E-state index in [4.69, 9.17) is 16.3 Å². The Hall–Kier alpha value is -1.22. The molecule has 0 fully saturated rings. The van der Waals surface area contributed by atoms with Crippen LogP contribution in [0.25, 0.3) is 0 Å². The SMILES string of the molecule is CN1C(=O)COc2cc(CCl)ccc21. The van der Waals surface area contributed by atoms with Crippen molar-refractivity contribution in [3.63, 3.8) is 0 Å². The van der Waals surface area contributed by atoms with Crippen molar-refractivity contribution in [1.29, 1.82) is 0 Å². The van der Waals surface area contributed by atoms with Gasteiger partial charge in [-0.25, -0.2) is 0 Å². The number of alkyl halides is 1. The Morgan fingerprint density at radius 2 is 2.36 bits per heavy atom. The van der Waals surface area contributed by atoms with Crippen molar-refractivity contribution in [2.45, 2.75) is 5.88 Å². The molecular formula is C10H10ClNO2. The zero-order chi connectivity index (χ0) is 10.1. The molecule has 0 atom stereocenters. The van der Waals surface area contributed by atoms with Crippen molar-refractivity contribution in [3.05, 3.63) is 23.8 Å². The molecule has 1 aromatic rings. The molecular weight excluding hydrogens is 202 g/mol. The van der Waals surface area contributed by atoms with E-state index in [1.807, 2.05) is 18.2 Å². The Labute approximate surface area is 87.2 Å². The summed E-state index contributed by atoms with van der Waals surface area (Å²) < 4.78 is 5.30. The van der Waals surface area contributed by atoms with E-state index in [1.54, 1.807) is 11.9 Å². The number of hydrogen-bond donors (Lipinski definition) is 0. The second-order valence-electron chi connectivity index (χ2n) is 3.18. The zero-order valence-electron chi connectivity index (χ0n) is 7.79. The first-order valence-corrected chi connectivity index (χ1v) is 4.84. The first kappa shape index (κ1) is 9.34. The van der Waals surface area contributed by atoms with E-state index in [1.165, 1.54) is 0 Å². The fourth-order valence-electron chi connectivity index (χ4n) is 1.41. The Morgan fingerprint density at radius 1 is 1.57 bits per heavy atom. The van der Waals surface area contributed by atoms with Crippen LogP contribution in [0.2, 0.25) is 0 Å². The van der Waals surface area contributed by atoms with E-state index in [-0.39, 0.29) is 12.5 Å². The second kappa shape index (κ2) is 3.50. The third kappa shape index (κ3) is 1.44. The molecule has 14 heavy (non-hydrogen) atoms. The summed E-state index contributed by atoms with van der Waals surface area (Å²) in [6, 6.07) is 5.61. The van der Waals surface area contributed by atoms with Gasteiger partial charge in [-0.1, -0.05) is 6.07 Å². The highest BCUT2D eigenvalue weighted by molar-refractivity contribution is 6.17. The molecule has 0 aliphatic carbocycles. The maximum atomic E-state index is 11.3. The number of halogens is 1. The third-order valence-corrected chi connectivity index (χ3v) is 2.57. The van der Waals surface area contributed by atoms with E-state index in [9.17, 15) is 4.79 Å². The van der Waals surface area contributed by atoms with Gasteiger partial charge in [0.1, 0.15) is 5.75 Å². The number of benzene rings is 1. The highest BCUT2D eigenvalue weighted by atomic mass is 35.5. The Morgan fingerprint density at radius 3 is 3.07 bits per heavy atom. The summed E-state index contributed by atoms with van der Waals surface area (Å²) in [5.41, 5.74) is 1.79. The zero-order valence-corrected chi connectivity index (χ0v) is 8.54. The van der Waals surface area contributed by atoms with Gasteiger partial charge in [0.25, 0.3) is 5.91 Å². The lowest BCUT2D eigenvalue weighted by atomic mass is 10.2. The summed E-state index contributed by atoms with van der Waals surface area (Å²) in [6.07, 6.45) is 0. The lowest BCUT2D eigenvalue weighted by molar-refractivity contribution is -0.120. The monoisotopic (exact) mass is 211 g/mol. The summed E-state index contributed by atoms with van der Waals surface area (Å²) in [5.74, 6) is 1.15. The van der Waals surface area contributed by atoms with Gasteiger partial charge in [-0.2, -0.15) is 0 Å². The van der Waals surface area contributed by atoms with Gasteiger partial charge in [0, 0.05) is 12.9 Å². The van der Waals surface area contributed by atoms with Crippen molar-refractivity contribution in [2.24, 2.45) is 0 Å². The molecule has 1 aliphatic rings. The van der Waals surface area contributed by atoms with E-state index < -0.39 is 0 Å². The number of carbonyl (C=O) groups is 1. The molecule has 2 rings (SSSR count). The van der Waals surface area contributed by atoms with Crippen LogP contribution >= 0.6 is 11.6 Å². The summed E-state index contributed by atoms with van der Waals surface area (Å²) in [5, 5.41) is 0. The molecule has 1 aliphatic heterocycles. The van der Waals surface area contributed by atoms with Crippen LogP contribution in [0.1, 0.15) is 5.56 Å². The normalized spacial score (nSPS) is 15.0. The first-order chi connectivity index (χ1) is 6.72. The number of rotatable bonds is 1. The Kier molecular flexibility index (Phi) is 2.33. The standard InChI is InChI=1S/C10H10ClNO2/c1-12-8-3-2-7(5-11)4-9(8)14-6-10(12)13/h2-4H,5-6H2,1H3. The number of hydrogen-bond acceptors (Lipinski definition) is 2. The lowest BCUT2D eigenvalue weighted by Crippen LogP contribution is -2.35. The molecule has 1 aromatic carbocycles. The molecule has 0 bridgehead atoms. The van der Waals surface area contributed by atoms with Gasteiger partial charge >= 0.3 is 0 Å². The van der Waals surface area contributed by atoms with Crippen LogP contribution in [0.15, 0.2) is 18.2 Å². The average molecular weight is 212 g/mol. The van der Waals surface area contributed by atoms with Gasteiger partial charge in [-0.15, -0.1) is 11.6 Å². The highest BCUT2D eigenvalue weighted by Crippen LogP contribution is 2.32. The smallest absolute Gasteiger partial charge is 0.264 e. The minimum atomic E-state index is -0.0314. The molecule has 1 amide bonds. The number of nitrogens with zero attached hydrogens (tertiary/aromatic N) is 1. The third-order valence-electron chi connectivity index (χ3n) is 2.27. The van der Waals surface area contributed by atoms with E-state index in [0.717, 1.165) is 17.0 Å². The second-order valence-corrected chi connectivity index (χ2v) is 3.44. The molecule has 4 heteroatoms.